The third kappa shape index (κ3) is 3.61. The molecule has 2 rings (SSSR count). The molecule has 114 valence electrons. The minimum Gasteiger partial charge on any atom is -0.349 e. The van der Waals surface area contributed by atoms with Crippen molar-refractivity contribution < 1.29 is 8.42 Å². The Kier molecular flexibility index (Phi) is 4.97. The summed E-state index contributed by atoms with van der Waals surface area (Å²) < 4.78 is 29.2. The van der Waals surface area contributed by atoms with Gasteiger partial charge in [-0.25, -0.2) is 8.42 Å². The van der Waals surface area contributed by atoms with Gasteiger partial charge in [0.05, 0.1) is 0 Å². The lowest BCUT2D eigenvalue weighted by molar-refractivity contribution is 0.600. The molecule has 1 aromatic heterocycles. The molecule has 0 fully saturated rings. The van der Waals surface area contributed by atoms with E-state index in [1.54, 1.807) is 36.2 Å². The van der Waals surface area contributed by atoms with Gasteiger partial charge in [-0.3, -0.25) is 4.72 Å². The van der Waals surface area contributed by atoms with Gasteiger partial charge in [0.2, 0.25) is 0 Å². The molecule has 0 saturated carbocycles. The summed E-state index contributed by atoms with van der Waals surface area (Å²) in [6.45, 7) is 2.94. The van der Waals surface area contributed by atoms with E-state index >= 15 is 0 Å². The number of nitrogens with two attached hydrogens (primary N) is 1. The Balaban J connectivity index is 2.26. The first-order valence-corrected chi connectivity index (χ1v) is 9.27. The van der Waals surface area contributed by atoms with Crippen molar-refractivity contribution in [2.45, 2.75) is 29.8 Å². The highest BCUT2D eigenvalue weighted by Crippen LogP contribution is 2.21. The molecule has 2 aromatic rings. The summed E-state index contributed by atoms with van der Waals surface area (Å²) in [6.07, 6.45) is 3.59. The third-order valence-electron chi connectivity index (χ3n) is 3.16. The molecule has 7 heteroatoms. The quantitative estimate of drug-likeness (QED) is 0.800. The van der Waals surface area contributed by atoms with Gasteiger partial charge in [0, 0.05) is 35.6 Å². The van der Waals surface area contributed by atoms with Gasteiger partial charge in [0.25, 0.3) is 10.0 Å². The van der Waals surface area contributed by atoms with Crippen molar-refractivity contribution in [1.29, 1.82) is 0 Å². The molecule has 0 aliphatic rings. The molecular weight excluding hydrogens is 306 g/mol. The minimum atomic E-state index is -3.59. The van der Waals surface area contributed by atoms with E-state index in [9.17, 15) is 8.42 Å². The topological polar surface area (TPSA) is 77.1 Å². The largest absolute Gasteiger partial charge is 0.349 e. The Labute approximate surface area is 129 Å². The Morgan fingerprint density at radius 3 is 2.43 bits per heavy atom. The number of aryl methyl sites for hydroxylation is 1. The van der Waals surface area contributed by atoms with Gasteiger partial charge in [0.1, 0.15) is 4.90 Å². The first kappa shape index (κ1) is 15.9. The molecule has 0 unspecified atom stereocenters. The Morgan fingerprint density at radius 1 is 1.29 bits per heavy atom. The van der Waals surface area contributed by atoms with E-state index in [0.717, 1.165) is 10.6 Å². The fourth-order valence-corrected chi connectivity index (χ4v) is 3.54. The normalized spacial score (nSPS) is 11.6. The zero-order valence-electron chi connectivity index (χ0n) is 12.0. The van der Waals surface area contributed by atoms with Crippen LogP contribution in [0.25, 0.3) is 0 Å². The van der Waals surface area contributed by atoms with Crippen LogP contribution in [0.2, 0.25) is 0 Å². The van der Waals surface area contributed by atoms with Gasteiger partial charge in [-0.15, -0.1) is 11.8 Å². The van der Waals surface area contributed by atoms with Gasteiger partial charge in [-0.2, -0.15) is 0 Å². The van der Waals surface area contributed by atoms with Crippen molar-refractivity contribution in [2.24, 2.45) is 5.73 Å². The number of nitrogens with one attached hydrogen (secondary N) is 1. The fourth-order valence-electron chi connectivity index (χ4n) is 2.01. The molecule has 1 aromatic carbocycles. The van der Waals surface area contributed by atoms with Crippen molar-refractivity contribution in [3.8, 4) is 0 Å². The van der Waals surface area contributed by atoms with E-state index in [1.807, 2.05) is 29.9 Å². The monoisotopic (exact) mass is 325 g/mol. The number of sulfonamides is 1. The van der Waals surface area contributed by atoms with Gasteiger partial charge in [-0.1, -0.05) is 0 Å². The molecule has 0 atom stereocenters. The van der Waals surface area contributed by atoms with E-state index in [0.29, 0.717) is 18.8 Å². The van der Waals surface area contributed by atoms with Crippen LogP contribution >= 0.6 is 11.8 Å². The van der Waals surface area contributed by atoms with Crippen molar-refractivity contribution in [1.82, 2.24) is 4.57 Å². The van der Waals surface area contributed by atoms with E-state index in [2.05, 4.69) is 4.72 Å². The Bertz CT molecular complexity index is 685. The van der Waals surface area contributed by atoms with Crippen molar-refractivity contribution >= 4 is 27.5 Å². The molecule has 3 N–H and O–H groups in total. The first-order valence-electron chi connectivity index (χ1n) is 6.56. The van der Waals surface area contributed by atoms with Gasteiger partial charge in [0.15, 0.2) is 0 Å². The molecule has 1 heterocycles. The lowest BCUT2D eigenvalue weighted by atomic mass is 10.3. The number of hydrogen-bond acceptors (Lipinski definition) is 4. The molecule has 0 saturated heterocycles. The number of thioether (sulfide) groups is 1. The number of aromatic nitrogens is 1. The zero-order chi connectivity index (χ0) is 15.5. The Hall–Kier alpha value is -1.44. The maximum absolute atomic E-state index is 12.4. The predicted molar refractivity (Wildman–Crippen MR) is 87.0 cm³/mol. The molecule has 0 aliphatic heterocycles. The smallest absolute Gasteiger partial charge is 0.263 e. The van der Waals surface area contributed by atoms with E-state index < -0.39 is 10.0 Å². The summed E-state index contributed by atoms with van der Waals surface area (Å²) in [5.41, 5.74) is 6.98. The molecular formula is C14H19N3O2S2. The van der Waals surface area contributed by atoms with Gasteiger partial charge < -0.3 is 10.3 Å². The molecule has 0 aliphatic carbocycles. The molecule has 21 heavy (non-hydrogen) atoms. The van der Waals surface area contributed by atoms with E-state index in [4.69, 9.17) is 5.73 Å². The maximum Gasteiger partial charge on any atom is 0.263 e. The summed E-state index contributed by atoms with van der Waals surface area (Å²) in [5, 5.41) is 0. The minimum absolute atomic E-state index is 0.235. The highest BCUT2D eigenvalue weighted by molar-refractivity contribution is 7.98. The highest BCUT2D eigenvalue weighted by Gasteiger charge is 2.17. The van der Waals surface area contributed by atoms with Crippen LogP contribution in [-0.2, 0) is 23.1 Å². The lowest BCUT2D eigenvalue weighted by Gasteiger charge is -2.07. The summed E-state index contributed by atoms with van der Waals surface area (Å²) in [4.78, 5) is 1.32. The van der Waals surface area contributed by atoms with Crippen LogP contribution in [0.1, 0.15) is 12.6 Å². The molecule has 0 amide bonds. The first-order chi connectivity index (χ1) is 10.00. The van der Waals surface area contributed by atoms with Crippen LogP contribution in [0.15, 0.2) is 46.3 Å². The predicted octanol–water partition coefficient (Wildman–Crippen LogP) is 2.49. The van der Waals surface area contributed by atoms with Gasteiger partial charge in [-0.05, 0) is 43.5 Å². The average Bonchev–Trinajstić information content (AvgIpc) is 2.92. The van der Waals surface area contributed by atoms with Crippen LogP contribution in [-0.4, -0.2) is 19.2 Å². The molecule has 0 spiro atoms. The van der Waals surface area contributed by atoms with Crippen LogP contribution in [0.4, 0.5) is 5.69 Å². The van der Waals surface area contributed by atoms with Crippen molar-refractivity contribution in [2.75, 3.05) is 11.0 Å². The molecule has 0 radical (unpaired) electrons. The van der Waals surface area contributed by atoms with Crippen LogP contribution < -0.4 is 10.5 Å². The van der Waals surface area contributed by atoms with Crippen LogP contribution in [0.5, 0.6) is 0 Å². The second kappa shape index (κ2) is 6.55. The molecule has 0 bridgehead atoms. The average molecular weight is 325 g/mol. The maximum atomic E-state index is 12.4. The summed E-state index contributed by atoms with van der Waals surface area (Å²) in [5.74, 6) is 0. The SMILES string of the molecule is CCn1cc(S(=O)(=O)Nc2ccc(SC)cc2)cc1CN. The number of anilines is 1. The fraction of sp³-hybridized carbons (Fsp3) is 0.286. The standard InChI is InChI=1S/C14H19N3O2S2/c1-3-17-10-14(8-12(17)9-15)21(18,19)16-11-4-6-13(20-2)7-5-11/h4-8,10,16H,3,9,15H2,1-2H3. The van der Waals surface area contributed by atoms with Gasteiger partial charge >= 0.3 is 0 Å². The number of rotatable bonds is 6. The zero-order valence-corrected chi connectivity index (χ0v) is 13.7. The van der Waals surface area contributed by atoms with Crippen molar-refractivity contribution in [3.63, 3.8) is 0 Å². The molecule has 5 nitrogen and oxygen atoms in total. The highest BCUT2D eigenvalue weighted by atomic mass is 32.2. The summed E-state index contributed by atoms with van der Waals surface area (Å²) in [7, 11) is -3.59. The van der Waals surface area contributed by atoms with Crippen molar-refractivity contribution in [3.05, 3.63) is 42.2 Å². The number of benzene rings is 1. The summed E-state index contributed by atoms with van der Waals surface area (Å²) >= 11 is 1.61. The van der Waals surface area contributed by atoms with E-state index in [1.165, 1.54) is 0 Å². The lowest BCUT2D eigenvalue weighted by Crippen LogP contribution is -2.12. The second-order valence-electron chi connectivity index (χ2n) is 4.49. The van der Waals surface area contributed by atoms with Crippen LogP contribution in [0, 0.1) is 0 Å². The number of nitrogens with zero attached hydrogens (tertiary/aromatic N) is 1. The third-order valence-corrected chi connectivity index (χ3v) is 5.26. The Morgan fingerprint density at radius 2 is 1.95 bits per heavy atom. The second-order valence-corrected chi connectivity index (χ2v) is 7.05. The summed E-state index contributed by atoms with van der Waals surface area (Å²) in [6, 6.07) is 8.88. The van der Waals surface area contributed by atoms with E-state index in [-0.39, 0.29) is 4.90 Å². The number of hydrogen-bond donors (Lipinski definition) is 2. The van der Waals surface area contributed by atoms with Crippen LogP contribution in [0.3, 0.4) is 0 Å².